The van der Waals surface area contributed by atoms with Crippen LogP contribution in [-0.4, -0.2) is 72.7 Å². The van der Waals surface area contributed by atoms with Crippen LogP contribution in [-0.2, 0) is 19.1 Å². The number of nitrogens with zero attached hydrogens (tertiary/aromatic N) is 2. The van der Waals surface area contributed by atoms with Crippen molar-refractivity contribution in [3.63, 3.8) is 0 Å². The maximum Gasteiger partial charge on any atom is 0.336 e. The number of ether oxygens (including phenoxy) is 1. The molecule has 0 unspecified atom stereocenters. The normalized spacial score (nSPS) is 22.5. The highest BCUT2D eigenvalue weighted by atomic mass is 16.6. The Morgan fingerprint density at radius 2 is 1.82 bits per heavy atom. The van der Waals surface area contributed by atoms with Crippen molar-refractivity contribution in [2.45, 2.75) is 32.0 Å². The van der Waals surface area contributed by atoms with Gasteiger partial charge in [-0.25, -0.2) is 4.79 Å². The van der Waals surface area contributed by atoms with Crippen LogP contribution in [0, 0.1) is 5.92 Å². The largest absolute Gasteiger partial charge is 0.479 e. The van der Waals surface area contributed by atoms with Gasteiger partial charge < -0.3 is 25.0 Å². The van der Waals surface area contributed by atoms with E-state index in [2.05, 4.69) is 22.3 Å². The Kier molecular flexibility index (Phi) is 6.51. The fraction of sp³-hybridized carbons (Fsp3) is 0.550. The summed E-state index contributed by atoms with van der Waals surface area (Å²) in [5.41, 5.74) is 1.18. The number of para-hydroxylation sites is 1. The van der Waals surface area contributed by atoms with E-state index in [9.17, 15) is 14.4 Å². The fourth-order valence-electron chi connectivity index (χ4n) is 3.42. The molecule has 8 heteroatoms. The number of nitrogens with one attached hydrogen (secondary N) is 1. The Hall–Kier alpha value is -2.61. The van der Waals surface area contributed by atoms with E-state index >= 15 is 0 Å². The lowest BCUT2D eigenvalue weighted by Crippen LogP contribution is -2.49. The third-order valence-electron chi connectivity index (χ3n) is 5.21. The van der Waals surface area contributed by atoms with Crippen molar-refractivity contribution in [1.29, 1.82) is 0 Å². The Morgan fingerprint density at radius 3 is 2.43 bits per heavy atom. The number of hydrogen-bond acceptors (Lipinski definition) is 5. The number of carbonyl (C=O) groups excluding carboxylic acids is 2. The summed E-state index contributed by atoms with van der Waals surface area (Å²) in [4.78, 5) is 39.1. The van der Waals surface area contributed by atoms with Gasteiger partial charge in [-0.3, -0.25) is 9.59 Å². The van der Waals surface area contributed by atoms with Gasteiger partial charge in [0, 0.05) is 44.8 Å². The molecule has 2 aliphatic heterocycles. The van der Waals surface area contributed by atoms with Crippen LogP contribution < -0.4 is 10.2 Å². The van der Waals surface area contributed by atoms with Crippen LogP contribution in [0.25, 0.3) is 0 Å². The minimum atomic E-state index is -1.12. The van der Waals surface area contributed by atoms with E-state index in [0.29, 0.717) is 32.5 Å². The molecule has 2 saturated heterocycles. The second-order valence-corrected chi connectivity index (χ2v) is 7.41. The van der Waals surface area contributed by atoms with Crippen molar-refractivity contribution in [2.24, 2.45) is 5.92 Å². The third kappa shape index (κ3) is 5.22. The van der Waals surface area contributed by atoms with Gasteiger partial charge in [-0.05, 0) is 24.5 Å². The Labute approximate surface area is 164 Å². The van der Waals surface area contributed by atoms with Crippen molar-refractivity contribution in [3.05, 3.63) is 30.3 Å². The first kappa shape index (κ1) is 20.1. The van der Waals surface area contributed by atoms with Crippen molar-refractivity contribution >= 4 is 23.5 Å². The van der Waals surface area contributed by atoms with Gasteiger partial charge in [0.1, 0.15) is 0 Å². The quantitative estimate of drug-likeness (QED) is 0.635. The number of anilines is 1. The molecule has 0 aromatic heterocycles. The predicted octanol–water partition coefficient (Wildman–Crippen LogP) is 0.720. The maximum absolute atomic E-state index is 12.5. The minimum Gasteiger partial charge on any atom is -0.479 e. The molecule has 2 heterocycles. The van der Waals surface area contributed by atoms with Crippen LogP contribution in [0.2, 0.25) is 0 Å². The smallest absolute Gasteiger partial charge is 0.336 e. The summed E-state index contributed by atoms with van der Waals surface area (Å²) < 4.78 is 4.81. The maximum atomic E-state index is 12.5. The molecule has 1 aromatic carbocycles. The number of hydrogen-bond donors (Lipinski definition) is 2. The number of aliphatic carboxylic acids is 1. The number of amides is 2. The van der Waals surface area contributed by atoms with Crippen molar-refractivity contribution in [1.82, 2.24) is 10.2 Å². The first-order valence-corrected chi connectivity index (χ1v) is 9.69. The number of benzene rings is 1. The van der Waals surface area contributed by atoms with Gasteiger partial charge >= 0.3 is 5.97 Å². The van der Waals surface area contributed by atoms with E-state index in [0.717, 1.165) is 13.1 Å². The van der Waals surface area contributed by atoms with Crippen LogP contribution >= 0.6 is 0 Å². The molecule has 3 atom stereocenters. The molecule has 8 nitrogen and oxygen atoms in total. The summed E-state index contributed by atoms with van der Waals surface area (Å²) in [6.45, 7) is 5.47. The van der Waals surface area contributed by atoms with Gasteiger partial charge in [0.2, 0.25) is 5.91 Å². The van der Waals surface area contributed by atoms with Crippen LogP contribution in [0.3, 0.4) is 0 Å². The van der Waals surface area contributed by atoms with Gasteiger partial charge in [0.05, 0.1) is 0 Å². The van der Waals surface area contributed by atoms with Crippen LogP contribution in [0.4, 0.5) is 5.69 Å². The van der Waals surface area contributed by atoms with E-state index < -0.39 is 24.1 Å². The zero-order chi connectivity index (χ0) is 20.1. The molecule has 3 rings (SSSR count). The van der Waals surface area contributed by atoms with Crippen LogP contribution in [0.15, 0.2) is 30.3 Å². The zero-order valence-corrected chi connectivity index (χ0v) is 16.0. The fourth-order valence-corrected chi connectivity index (χ4v) is 3.42. The van der Waals surface area contributed by atoms with Gasteiger partial charge in [-0.15, -0.1) is 0 Å². The lowest BCUT2D eigenvalue weighted by atomic mass is 10.0. The topological polar surface area (TPSA) is 102 Å². The molecule has 2 fully saturated rings. The Morgan fingerprint density at radius 1 is 1.14 bits per heavy atom. The number of carboxylic acid groups (broad SMARTS) is 1. The Bertz CT molecular complexity index is 703. The van der Waals surface area contributed by atoms with Gasteiger partial charge in [0.15, 0.2) is 12.2 Å². The van der Waals surface area contributed by atoms with Crippen LogP contribution in [0.5, 0.6) is 0 Å². The molecule has 1 aromatic rings. The number of rotatable bonds is 8. The summed E-state index contributed by atoms with van der Waals surface area (Å²) in [6.07, 6.45) is -0.797. The third-order valence-corrected chi connectivity index (χ3v) is 5.21. The molecule has 0 bridgehead atoms. The average Bonchev–Trinajstić information content (AvgIpc) is 3.50. The molecule has 0 radical (unpaired) electrons. The molecule has 0 aliphatic carbocycles. The van der Waals surface area contributed by atoms with Crippen molar-refractivity contribution < 1.29 is 24.2 Å². The highest BCUT2D eigenvalue weighted by Gasteiger charge is 2.50. The second-order valence-electron chi connectivity index (χ2n) is 7.41. The monoisotopic (exact) mass is 389 g/mol. The summed E-state index contributed by atoms with van der Waals surface area (Å²) in [6, 6.07) is 10.2. The SMILES string of the molecule is C[C@@H](CCNC(=O)[C@H]1O[C@@H]1C(=O)O)CC(=O)N1CCN(c2ccccc2)CC1. The summed E-state index contributed by atoms with van der Waals surface area (Å²) in [5, 5.41) is 11.4. The molecule has 152 valence electrons. The molecular weight excluding hydrogens is 362 g/mol. The zero-order valence-electron chi connectivity index (χ0n) is 16.0. The summed E-state index contributed by atoms with van der Waals surface area (Å²) in [7, 11) is 0. The minimum absolute atomic E-state index is 0.135. The van der Waals surface area contributed by atoms with Gasteiger partial charge in [-0.2, -0.15) is 0 Å². The highest BCUT2D eigenvalue weighted by molar-refractivity contribution is 5.92. The van der Waals surface area contributed by atoms with Crippen molar-refractivity contribution in [3.8, 4) is 0 Å². The van der Waals surface area contributed by atoms with Crippen molar-refractivity contribution in [2.75, 3.05) is 37.6 Å². The van der Waals surface area contributed by atoms with E-state index in [1.54, 1.807) is 0 Å². The number of epoxide rings is 1. The number of piperazine rings is 1. The lowest BCUT2D eigenvalue weighted by molar-refractivity contribution is -0.138. The molecule has 28 heavy (non-hydrogen) atoms. The molecule has 0 spiro atoms. The summed E-state index contributed by atoms with van der Waals surface area (Å²) in [5.74, 6) is -1.24. The molecule has 0 saturated carbocycles. The first-order chi connectivity index (χ1) is 13.5. The van der Waals surface area contributed by atoms with Gasteiger partial charge in [-0.1, -0.05) is 25.1 Å². The number of carbonyl (C=O) groups is 3. The van der Waals surface area contributed by atoms with Crippen LogP contribution in [0.1, 0.15) is 19.8 Å². The van der Waals surface area contributed by atoms with E-state index in [1.807, 2.05) is 30.0 Å². The first-order valence-electron chi connectivity index (χ1n) is 9.69. The molecule has 2 amide bonds. The lowest BCUT2D eigenvalue weighted by Gasteiger charge is -2.36. The highest BCUT2D eigenvalue weighted by Crippen LogP contribution is 2.22. The van der Waals surface area contributed by atoms with E-state index in [4.69, 9.17) is 9.84 Å². The standard InChI is InChI=1S/C20H27N3O5/c1-14(7-8-21-19(25)17-18(28-17)20(26)27)13-16(24)23-11-9-22(10-12-23)15-5-3-2-4-6-15/h2-6,14,17-18H,7-13H2,1H3,(H,21,25)(H,26,27)/t14-,17-,18-/m0/s1. The average molecular weight is 389 g/mol. The predicted molar refractivity (Wildman–Crippen MR) is 103 cm³/mol. The molecule has 2 N–H and O–H groups in total. The number of carboxylic acids is 1. The molecule has 2 aliphatic rings. The van der Waals surface area contributed by atoms with E-state index in [1.165, 1.54) is 5.69 Å². The Balaban J connectivity index is 1.32. The summed E-state index contributed by atoms with van der Waals surface area (Å²) >= 11 is 0. The second kappa shape index (κ2) is 9.05. The van der Waals surface area contributed by atoms with Gasteiger partial charge in [0.25, 0.3) is 5.91 Å². The van der Waals surface area contributed by atoms with E-state index in [-0.39, 0.29) is 11.8 Å². The molecular formula is C20H27N3O5.